The van der Waals surface area contributed by atoms with Crippen molar-refractivity contribution in [2.24, 2.45) is 5.92 Å². The molecule has 3 fully saturated rings. The first kappa shape index (κ1) is 37.7. The van der Waals surface area contributed by atoms with Crippen LogP contribution in [0, 0.1) is 12.8 Å². The molecule has 0 radical (unpaired) electrons. The number of amides is 5. The van der Waals surface area contributed by atoms with Gasteiger partial charge in [-0.1, -0.05) is 31.4 Å². The van der Waals surface area contributed by atoms with Crippen molar-refractivity contribution in [1.82, 2.24) is 34.9 Å². The number of fused-ring (bicyclic) bond motifs is 3. The Morgan fingerprint density at radius 1 is 0.914 bits per heavy atom. The summed E-state index contributed by atoms with van der Waals surface area (Å²) in [5.74, 6) is -1.06. The van der Waals surface area contributed by atoms with Crippen molar-refractivity contribution in [2.45, 2.75) is 89.8 Å². The van der Waals surface area contributed by atoms with Gasteiger partial charge in [-0.25, -0.2) is 4.98 Å². The number of aryl methyl sites for hydroxylation is 2. The van der Waals surface area contributed by atoms with E-state index < -0.39 is 23.8 Å². The van der Waals surface area contributed by atoms with Crippen molar-refractivity contribution in [3.63, 3.8) is 0 Å². The third kappa shape index (κ3) is 7.03. The van der Waals surface area contributed by atoms with Crippen LogP contribution in [0.5, 0.6) is 0 Å². The quantitative estimate of drug-likeness (QED) is 0.106. The van der Waals surface area contributed by atoms with Crippen LogP contribution in [-0.2, 0) is 16.1 Å². The molecule has 300 valence electrons. The van der Waals surface area contributed by atoms with Crippen LogP contribution in [0.1, 0.15) is 113 Å². The SMILES string of the molecule is Cc1nn(CCCCCC2CCN(c3cccc4c3C(=O)N(C3CCC(=O)NC3=O)C4=O)CC2)c2cc(C(=O)Nc3cc4[nH]c([C@H]5CCCN5C)cc4cn3)ccc12. The predicted octanol–water partition coefficient (Wildman–Crippen LogP) is 6.12. The number of hydrogen-bond donors (Lipinski definition) is 3. The molecule has 2 aromatic carbocycles. The smallest absolute Gasteiger partial charge is 0.264 e. The van der Waals surface area contributed by atoms with Gasteiger partial charge in [0.05, 0.1) is 33.5 Å². The summed E-state index contributed by atoms with van der Waals surface area (Å²) in [6, 6.07) is 14.6. The first-order valence-corrected chi connectivity index (χ1v) is 20.7. The number of rotatable bonds is 11. The largest absolute Gasteiger partial charge is 0.371 e. The number of aromatic nitrogens is 4. The number of carbonyl (C=O) groups is 5. The van der Waals surface area contributed by atoms with E-state index in [1.54, 1.807) is 12.1 Å². The molecule has 14 nitrogen and oxygen atoms in total. The second-order valence-corrected chi connectivity index (χ2v) is 16.4. The van der Waals surface area contributed by atoms with E-state index in [2.05, 4.69) is 43.5 Å². The third-order valence-corrected chi connectivity index (χ3v) is 12.7. The first-order chi connectivity index (χ1) is 28.1. The molecule has 5 aromatic rings. The lowest BCUT2D eigenvalue weighted by Gasteiger charge is -2.34. The van der Waals surface area contributed by atoms with Gasteiger partial charge in [-0.05, 0) is 95.3 Å². The summed E-state index contributed by atoms with van der Waals surface area (Å²) in [6.45, 7) is 5.43. The molecule has 1 unspecified atom stereocenters. The lowest BCUT2D eigenvalue weighted by Crippen LogP contribution is -2.54. The molecular formula is C44H49N9O5. The molecule has 4 aliphatic heterocycles. The van der Waals surface area contributed by atoms with E-state index in [-0.39, 0.29) is 24.7 Å². The minimum atomic E-state index is -0.976. The fraction of sp³-hybridized carbons (Fsp3) is 0.432. The van der Waals surface area contributed by atoms with Crippen LogP contribution in [0.2, 0.25) is 0 Å². The monoisotopic (exact) mass is 783 g/mol. The van der Waals surface area contributed by atoms with Gasteiger partial charge in [-0.3, -0.25) is 43.8 Å². The summed E-state index contributed by atoms with van der Waals surface area (Å²) >= 11 is 0. The van der Waals surface area contributed by atoms with Crippen LogP contribution in [0.15, 0.2) is 54.7 Å². The Labute approximate surface area is 336 Å². The van der Waals surface area contributed by atoms with Gasteiger partial charge in [0.2, 0.25) is 11.8 Å². The van der Waals surface area contributed by atoms with Crippen LogP contribution < -0.4 is 15.5 Å². The van der Waals surface area contributed by atoms with Crippen molar-refractivity contribution < 1.29 is 24.0 Å². The van der Waals surface area contributed by atoms with Gasteiger partial charge < -0.3 is 15.2 Å². The highest BCUT2D eigenvalue weighted by molar-refractivity contribution is 6.25. The van der Waals surface area contributed by atoms with Crippen molar-refractivity contribution in [3.8, 4) is 0 Å². The summed E-state index contributed by atoms with van der Waals surface area (Å²) in [6.07, 6.45) is 10.6. The third-order valence-electron chi connectivity index (χ3n) is 12.7. The molecule has 5 amide bonds. The van der Waals surface area contributed by atoms with Gasteiger partial charge in [0.25, 0.3) is 17.7 Å². The molecule has 0 saturated carbocycles. The highest BCUT2D eigenvalue weighted by Gasteiger charge is 2.46. The summed E-state index contributed by atoms with van der Waals surface area (Å²) in [4.78, 5) is 78.3. The molecule has 2 atom stereocenters. The minimum Gasteiger partial charge on any atom is -0.371 e. The van der Waals surface area contributed by atoms with Gasteiger partial charge in [0.1, 0.15) is 11.9 Å². The molecule has 0 bridgehead atoms. The average Bonchev–Trinajstić information content (AvgIpc) is 3.98. The number of unbranched alkanes of at least 4 members (excludes halogenated alkanes) is 2. The van der Waals surface area contributed by atoms with E-state index in [1.165, 1.54) is 12.1 Å². The molecule has 3 N–H and O–H groups in total. The van der Waals surface area contributed by atoms with Crippen LogP contribution in [0.25, 0.3) is 21.8 Å². The lowest BCUT2D eigenvalue weighted by molar-refractivity contribution is -0.136. The standard InChI is InChI=1S/C44H49N9O5/c1-26-30-13-12-28(41(55)47-38-24-32-29(25-45-38)22-33(46-32)34-11-7-18-50(34)2)23-37(30)52(49-26)19-5-3-4-8-27-16-20-51(21-17-27)35-10-6-9-31-40(35)44(58)53(43(31)57)36-14-15-39(54)48-42(36)56/h6,9-10,12-13,22-25,27,34,36,46H,3-5,7-8,11,14-21H2,1-2H3,(H,45,47,55)(H,48,54,56)/t34-,36?/m1/s1. The number of likely N-dealkylation sites (tertiary alicyclic amines) is 1. The number of pyridine rings is 1. The van der Waals surface area contributed by atoms with Crippen LogP contribution in [0.4, 0.5) is 11.5 Å². The van der Waals surface area contributed by atoms with E-state index in [9.17, 15) is 24.0 Å². The number of piperidine rings is 2. The summed E-state index contributed by atoms with van der Waals surface area (Å²) in [5, 5.41) is 12.2. The molecule has 4 aliphatic rings. The zero-order chi connectivity index (χ0) is 40.1. The van der Waals surface area contributed by atoms with E-state index in [0.29, 0.717) is 34.5 Å². The zero-order valence-electron chi connectivity index (χ0n) is 33.1. The van der Waals surface area contributed by atoms with Crippen LogP contribution in [0.3, 0.4) is 0 Å². The van der Waals surface area contributed by atoms with Crippen molar-refractivity contribution >= 4 is 62.8 Å². The number of nitrogens with one attached hydrogen (secondary N) is 3. The fourth-order valence-corrected chi connectivity index (χ4v) is 9.53. The number of nitrogens with zero attached hydrogens (tertiary/aromatic N) is 6. The number of carbonyl (C=O) groups excluding carboxylic acids is 5. The maximum Gasteiger partial charge on any atom is 0.264 e. The van der Waals surface area contributed by atoms with Crippen molar-refractivity contribution in [1.29, 1.82) is 0 Å². The van der Waals surface area contributed by atoms with E-state index in [0.717, 1.165) is 109 Å². The Balaban J connectivity index is 0.766. The highest BCUT2D eigenvalue weighted by atomic mass is 16.2. The average molecular weight is 784 g/mol. The summed E-state index contributed by atoms with van der Waals surface area (Å²) in [5.41, 5.74) is 6.01. The molecule has 0 aliphatic carbocycles. The van der Waals surface area contributed by atoms with Gasteiger partial charge in [-0.15, -0.1) is 0 Å². The van der Waals surface area contributed by atoms with E-state index in [4.69, 9.17) is 5.10 Å². The van der Waals surface area contributed by atoms with Gasteiger partial charge in [0, 0.05) is 66.4 Å². The predicted molar refractivity (Wildman–Crippen MR) is 220 cm³/mol. The Bertz CT molecular complexity index is 2460. The molecule has 0 spiro atoms. The number of hydrogen-bond acceptors (Lipinski definition) is 9. The minimum absolute atomic E-state index is 0.0937. The Kier molecular flexibility index (Phi) is 10.0. The normalized spacial score (nSPS) is 20.4. The number of anilines is 2. The number of benzene rings is 2. The van der Waals surface area contributed by atoms with Crippen molar-refractivity contribution in [2.75, 3.05) is 36.9 Å². The summed E-state index contributed by atoms with van der Waals surface area (Å²) < 4.78 is 2.02. The maximum absolute atomic E-state index is 13.6. The lowest BCUT2D eigenvalue weighted by atomic mass is 9.90. The van der Waals surface area contributed by atoms with Gasteiger partial charge in [0.15, 0.2) is 0 Å². The molecule has 3 aromatic heterocycles. The van der Waals surface area contributed by atoms with E-state index in [1.807, 2.05) is 48.1 Å². The Morgan fingerprint density at radius 2 is 1.76 bits per heavy atom. The van der Waals surface area contributed by atoms with Gasteiger partial charge in [-0.2, -0.15) is 5.10 Å². The molecule has 58 heavy (non-hydrogen) atoms. The molecular weight excluding hydrogens is 735 g/mol. The summed E-state index contributed by atoms with van der Waals surface area (Å²) in [7, 11) is 2.16. The van der Waals surface area contributed by atoms with Crippen LogP contribution >= 0.6 is 0 Å². The van der Waals surface area contributed by atoms with E-state index >= 15 is 0 Å². The first-order valence-electron chi connectivity index (χ1n) is 20.7. The maximum atomic E-state index is 13.6. The Hall–Kier alpha value is -5.89. The molecule has 7 heterocycles. The topological polar surface area (TPSA) is 166 Å². The molecule has 14 heteroatoms. The Morgan fingerprint density at radius 3 is 2.55 bits per heavy atom. The zero-order valence-corrected chi connectivity index (χ0v) is 33.1. The number of H-pyrrole nitrogens is 1. The molecule has 9 rings (SSSR count). The highest BCUT2D eigenvalue weighted by Crippen LogP contribution is 2.37. The number of imide groups is 2. The fourth-order valence-electron chi connectivity index (χ4n) is 9.53. The van der Waals surface area contributed by atoms with Crippen molar-refractivity contribution in [3.05, 3.63) is 82.8 Å². The van der Waals surface area contributed by atoms with Crippen LogP contribution in [-0.4, -0.2) is 91.8 Å². The van der Waals surface area contributed by atoms with Gasteiger partial charge >= 0.3 is 0 Å². The second kappa shape index (κ2) is 15.5. The second-order valence-electron chi connectivity index (χ2n) is 16.4. The molecule has 3 saturated heterocycles. The number of aromatic amines is 1.